The molecule has 0 saturated heterocycles. The van der Waals surface area contributed by atoms with Crippen LogP contribution in [0, 0.1) is 0 Å². The van der Waals surface area contributed by atoms with E-state index in [1.807, 2.05) is 48.5 Å². The smallest absolute Gasteiger partial charge is 0.237 e. The zero-order chi connectivity index (χ0) is 11.3. The van der Waals surface area contributed by atoms with Crippen LogP contribution in [-0.4, -0.2) is 0 Å². The zero-order valence-electron chi connectivity index (χ0n) is 8.70. The van der Waals surface area contributed by atoms with Crippen molar-refractivity contribution in [2.45, 2.75) is 7.43 Å². The molecular formula is C13H12O4P+. The van der Waals surface area contributed by atoms with Crippen molar-refractivity contribution in [2.75, 3.05) is 0 Å². The summed E-state index contributed by atoms with van der Waals surface area (Å²) in [6.45, 7) is 0. The minimum absolute atomic E-state index is 0. The van der Waals surface area contributed by atoms with E-state index in [4.69, 9.17) is 18.1 Å². The van der Waals surface area contributed by atoms with Crippen LogP contribution >= 0.6 is 8.17 Å². The fraction of sp³-hybridized carbons (Fsp3) is 0.0769. The van der Waals surface area contributed by atoms with Crippen LogP contribution in [0.5, 0.6) is 23.0 Å². The molecule has 0 fully saturated rings. The van der Waals surface area contributed by atoms with Gasteiger partial charge < -0.3 is 0 Å². The molecule has 2 aliphatic rings. The van der Waals surface area contributed by atoms with E-state index >= 15 is 0 Å². The van der Waals surface area contributed by atoms with E-state index in [9.17, 15) is 0 Å². The highest BCUT2D eigenvalue weighted by molar-refractivity contribution is 7.58. The van der Waals surface area contributed by atoms with Crippen molar-refractivity contribution >= 4 is 8.17 Å². The molecule has 2 heterocycles. The summed E-state index contributed by atoms with van der Waals surface area (Å²) in [5.41, 5.74) is 0. The van der Waals surface area contributed by atoms with E-state index in [-0.39, 0.29) is 7.43 Å². The van der Waals surface area contributed by atoms with Crippen molar-refractivity contribution in [1.29, 1.82) is 0 Å². The van der Waals surface area contributed by atoms with Gasteiger partial charge in [0.2, 0.25) is 23.0 Å². The maximum Gasteiger partial charge on any atom is 0.767 e. The van der Waals surface area contributed by atoms with Crippen molar-refractivity contribution in [2.24, 2.45) is 0 Å². The van der Waals surface area contributed by atoms with Gasteiger partial charge in [0.05, 0.1) is 0 Å². The molecule has 0 N–H and O–H groups in total. The highest BCUT2D eigenvalue weighted by Gasteiger charge is 2.66. The standard InChI is InChI=1S/C12H8O4P.CH4/c1-2-6-10-9(5-1)13-17(14-10)15-11-7-3-4-8-12(11)16-17;/h1-8H;1H4/q+1;. The summed E-state index contributed by atoms with van der Waals surface area (Å²) in [5.74, 6) is 2.64. The maximum absolute atomic E-state index is 5.68. The summed E-state index contributed by atoms with van der Waals surface area (Å²) in [5, 5.41) is 0. The van der Waals surface area contributed by atoms with E-state index < -0.39 is 8.17 Å². The van der Waals surface area contributed by atoms with Gasteiger partial charge in [-0.2, -0.15) is 0 Å². The highest BCUT2D eigenvalue weighted by Crippen LogP contribution is 2.72. The number of fused-ring (bicyclic) bond motifs is 2. The van der Waals surface area contributed by atoms with Crippen LogP contribution in [0.3, 0.4) is 0 Å². The Bertz CT molecular complexity index is 492. The molecule has 0 radical (unpaired) electrons. The topological polar surface area (TPSA) is 36.9 Å². The predicted octanol–water partition coefficient (Wildman–Crippen LogP) is 4.24. The second kappa shape index (κ2) is 3.79. The van der Waals surface area contributed by atoms with Gasteiger partial charge in [0.15, 0.2) is 0 Å². The Kier molecular flexibility index (Phi) is 2.35. The molecule has 4 rings (SSSR count). The van der Waals surface area contributed by atoms with Gasteiger partial charge in [0.1, 0.15) is 0 Å². The third kappa shape index (κ3) is 1.50. The molecule has 5 heteroatoms. The minimum atomic E-state index is -2.76. The van der Waals surface area contributed by atoms with Gasteiger partial charge in [0.25, 0.3) is 0 Å². The molecule has 0 aliphatic carbocycles. The largest absolute Gasteiger partial charge is 0.767 e. The average molecular weight is 263 g/mol. The van der Waals surface area contributed by atoms with E-state index in [2.05, 4.69) is 0 Å². The van der Waals surface area contributed by atoms with Crippen LogP contribution in [0.25, 0.3) is 0 Å². The SMILES string of the molecule is C.c1ccc2c(c1)O[P+]1(O2)Oc2ccccc2O1. The minimum Gasteiger partial charge on any atom is -0.237 e. The van der Waals surface area contributed by atoms with Gasteiger partial charge in [-0.25, -0.2) is 18.1 Å². The third-order valence-corrected chi connectivity index (χ3v) is 4.22. The zero-order valence-corrected chi connectivity index (χ0v) is 9.59. The molecule has 0 atom stereocenters. The second-order valence-corrected chi connectivity index (χ2v) is 5.33. The van der Waals surface area contributed by atoms with Crippen LogP contribution in [0.1, 0.15) is 7.43 Å². The van der Waals surface area contributed by atoms with Crippen LogP contribution in [0.4, 0.5) is 0 Å². The molecule has 0 saturated carbocycles. The normalized spacial score (nSPS) is 16.4. The highest BCUT2D eigenvalue weighted by atomic mass is 31.2. The molecule has 1 spiro atoms. The Labute approximate surface area is 106 Å². The fourth-order valence-corrected chi connectivity index (χ4v) is 3.59. The van der Waals surface area contributed by atoms with Gasteiger partial charge in [-0.3, -0.25) is 0 Å². The Morgan fingerprint density at radius 1 is 0.556 bits per heavy atom. The molecule has 2 aromatic carbocycles. The van der Waals surface area contributed by atoms with Gasteiger partial charge in [0, 0.05) is 0 Å². The molecule has 18 heavy (non-hydrogen) atoms. The van der Waals surface area contributed by atoms with Crippen LogP contribution < -0.4 is 18.1 Å². The number of hydrogen-bond donors (Lipinski definition) is 0. The number of rotatable bonds is 0. The molecule has 92 valence electrons. The number of hydrogen-bond acceptors (Lipinski definition) is 4. The average Bonchev–Trinajstić information content (AvgIpc) is 2.87. The lowest BCUT2D eigenvalue weighted by Gasteiger charge is -2.03. The lowest BCUT2D eigenvalue weighted by atomic mass is 10.3. The van der Waals surface area contributed by atoms with Crippen LogP contribution in [0.15, 0.2) is 48.5 Å². The Balaban J connectivity index is 0.000001000. The molecule has 0 unspecified atom stereocenters. The van der Waals surface area contributed by atoms with E-state index in [0.717, 1.165) is 0 Å². The fourth-order valence-electron chi connectivity index (χ4n) is 1.80. The predicted molar refractivity (Wildman–Crippen MR) is 69.0 cm³/mol. The Morgan fingerprint density at radius 2 is 0.833 bits per heavy atom. The Hall–Kier alpha value is -1.93. The molecule has 2 aromatic rings. The Morgan fingerprint density at radius 3 is 1.11 bits per heavy atom. The number of benzene rings is 2. The molecular weight excluding hydrogens is 251 g/mol. The summed E-state index contributed by atoms with van der Waals surface area (Å²) in [4.78, 5) is 0. The first-order valence-corrected chi connectivity index (χ1v) is 6.66. The molecule has 2 aliphatic heterocycles. The molecule has 0 bridgehead atoms. The van der Waals surface area contributed by atoms with Crippen molar-refractivity contribution in [3.05, 3.63) is 48.5 Å². The summed E-state index contributed by atoms with van der Waals surface area (Å²) in [7, 11) is -2.76. The second-order valence-electron chi connectivity index (χ2n) is 3.71. The summed E-state index contributed by atoms with van der Waals surface area (Å²) < 4.78 is 22.7. The quantitative estimate of drug-likeness (QED) is 0.666. The van der Waals surface area contributed by atoms with Crippen LogP contribution in [0.2, 0.25) is 0 Å². The van der Waals surface area contributed by atoms with E-state index in [0.29, 0.717) is 23.0 Å². The van der Waals surface area contributed by atoms with Crippen molar-refractivity contribution in [3.63, 3.8) is 0 Å². The summed E-state index contributed by atoms with van der Waals surface area (Å²) >= 11 is 0. The van der Waals surface area contributed by atoms with Gasteiger partial charge in [-0.1, -0.05) is 31.7 Å². The maximum atomic E-state index is 5.68. The van der Waals surface area contributed by atoms with E-state index in [1.54, 1.807) is 0 Å². The van der Waals surface area contributed by atoms with E-state index in [1.165, 1.54) is 0 Å². The summed E-state index contributed by atoms with van der Waals surface area (Å²) in [6.07, 6.45) is 0. The first-order chi connectivity index (χ1) is 8.35. The third-order valence-electron chi connectivity index (χ3n) is 2.54. The van der Waals surface area contributed by atoms with Crippen molar-refractivity contribution in [1.82, 2.24) is 0 Å². The first kappa shape index (κ1) is 11.2. The van der Waals surface area contributed by atoms with Gasteiger partial charge >= 0.3 is 8.17 Å². The number of para-hydroxylation sites is 4. The van der Waals surface area contributed by atoms with Gasteiger partial charge in [-0.05, 0) is 24.3 Å². The van der Waals surface area contributed by atoms with Crippen molar-refractivity contribution < 1.29 is 18.1 Å². The van der Waals surface area contributed by atoms with Gasteiger partial charge in [-0.15, -0.1) is 0 Å². The first-order valence-electron chi connectivity index (χ1n) is 5.20. The van der Waals surface area contributed by atoms with Crippen LogP contribution in [-0.2, 0) is 0 Å². The van der Waals surface area contributed by atoms with Crippen molar-refractivity contribution in [3.8, 4) is 23.0 Å². The monoisotopic (exact) mass is 263 g/mol. The lowest BCUT2D eigenvalue weighted by molar-refractivity contribution is 0.333. The summed E-state index contributed by atoms with van der Waals surface area (Å²) in [6, 6.07) is 14.9. The molecule has 4 nitrogen and oxygen atoms in total. The molecule has 0 amide bonds. The lowest BCUT2D eigenvalue weighted by Crippen LogP contribution is -2.09. The molecule has 0 aromatic heterocycles.